The smallest absolute Gasteiger partial charge is 0.266 e. The molecule has 5 heteroatoms. The number of benzene rings is 3. The van der Waals surface area contributed by atoms with Crippen LogP contribution in [0.3, 0.4) is 0 Å². The number of halogens is 1. The lowest BCUT2D eigenvalue weighted by atomic mass is 10.2. The third kappa shape index (κ3) is 3.50. The number of fused-ring (bicyclic) bond motifs is 1. The largest absolute Gasteiger partial charge is 0.507 e. The molecule has 0 aliphatic carbocycles. The van der Waals surface area contributed by atoms with Crippen molar-refractivity contribution >= 4 is 45.6 Å². The average Bonchev–Trinajstić information content (AvgIpc) is 2.69. The van der Waals surface area contributed by atoms with Crippen LogP contribution in [-0.4, -0.2) is 14.7 Å². The third-order valence-corrected chi connectivity index (χ3v) is 4.89. The standard InChI is InChI=1S/C22H15IN2O2/c23-16-11-12-19-18(14-16)22(27)25(17-7-2-1-3-8-17)21(24-19)13-10-15-6-4-5-9-20(15)26/h1-14,26H. The van der Waals surface area contributed by atoms with Gasteiger partial charge in [0.2, 0.25) is 0 Å². The normalized spacial score (nSPS) is 11.3. The van der Waals surface area contributed by atoms with Gasteiger partial charge in [-0.1, -0.05) is 36.4 Å². The summed E-state index contributed by atoms with van der Waals surface area (Å²) in [4.78, 5) is 17.9. The first-order valence-electron chi connectivity index (χ1n) is 8.37. The molecule has 4 nitrogen and oxygen atoms in total. The van der Waals surface area contributed by atoms with Crippen LogP contribution in [0.5, 0.6) is 5.75 Å². The number of phenols is 1. The van der Waals surface area contributed by atoms with Crippen molar-refractivity contribution in [1.82, 2.24) is 9.55 Å². The zero-order chi connectivity index (χ0) is 18.8. The topological polar surface area (TPSA) is 55.1 Å². The number of nitrogens with zero attached hydrogens (tertiary/aromatic N) is 2. The summed E-state index contributed by atoms with van der Waals surface area (Å²) >= 11 is 2.19. The molecule has 0 radical (unpaired) electrons. The fraction of sp³-hybridized carbons (Fsp3) is 0. The van der Waals surface area contributed by atoms with Gasteiger partial charge >= 0.3 is 0 Å². The number of hydrogen-bond acceptors (Lipinski definition) is 3. The van der Waals surface area contributed by atoms with Crippen molar-refractivity contribution in [2.45, 2.75) is 0 Å². The van der Waals surface area contributed by atoms with Crippen LogP contribution in [0.1, 0.15) is 11.4 Å². The van der Waals surface area contributed by atoms with E-state index < -0.39 is 0 Å². The highest BCUT2D eigenvalue weighted by atomic mass is 127. The summed E-state index contributed by atoms with van der Waals surface area (Å²) < 4.78 is 2.57. The van der Waals surface area contributed by atoms with Crippen molar-refractivity contribution in [3.05, 3.63) is 98.1 Å². The Balaban J connectivity index is 1.97. The average molecular weight is 466 g/mol. The molecule has 1 aromatic heterocycles. The Morgan fingerprint density at radius 2 is 1.67 bits per heavy atom. The van der Waals surface area contributed by atoms with Gasteiger partial charge in [0, 0.05) is 9.13 Å². The van der Waals surface area contributed by atoms with Gasteiger partial charge in [0.15, 0.2) is 0 Å². The highest BCUT2D eigenvalue weighted by Crippen LogP contribution is 2.20. The number of hydrogen-bond donors (Lipinski definition) is 1. The van der Waals surface area contributed by atoms with Crippen molar-refractivity contribution in [3.63, 3.8) is 0 Å². The lowest BCUT2D eigenvalue weighted by molar-refractivity contribution is 0.474. The van der Waals surface area contributed by atoms with Crippen molar-refractivity contribution in [2.24, 2.45) is 0 Å². The molecule has 4 rings (SSSR count). The molecule has 0 amide bonds. The van der Waals surface area contributed by atoms with E-state index in [-0.39, 0.29) is 11.3 Å². The number of aromatic hydroxyl groups is 1. The van der Waals surface area contributed by atoms with Crippen molar-refractivity contribution in [1.29, 1.82) is 0 Å². The van der Waals surface area contributed by atoms with E-state index >= 15 is 0 Å². The van der Waals surface area contributed by atoms with Crippen molar-refractivity contribution < 1.29 is 5.11 Å². The van der Waals surface area contributed by atoms with Crippen LogP contribution >= 0.6 is 22.6 Å². The SMILES string of the molecule is O=c1c2cc(I)ccc2nc(C=Cc2ccccc2O)n1-c1ccccc1. The molecule has 0 atom stereocenters. The van der Waals surface area contributed by atoms with Crippen molar-refractivity contribution in [2.75, 3.05) is 0 Å². The van der Waals surface area contributed by atoms with E-state index in [2.05, 4.69) is 27.6 Å². The minimum atomic E-state index is -0.123. The molecule has 0 fully saturated rings. The molecular weight excluding hydrogens is 451 g/mol. The maximum Gasteiger partial charge on any atom is 0.266 e. The molecule has 0 saturated carbocycles. The molecular formula is C22H15IN2O2. The van der Waals surface area contributed by atoms with E-state index in [1.165, 1.54) is 0 Å². The van der Waals surface area contributed by atoms with E-state index in [0.29, 0.717) is 22.3 Å². The second kappa shape index (κ2) is 7.36. The second-order valence-electron chi connectivity index (χ2n) is 6.00. The van der Waals surface area contributed by atoms with E-state index in [4.69, 9.17) is 0 Å². The van der Waals surface area contributed by atoms with E-state index in [1.54, 1.807) is 34.9 Å². The van der Waals surface area contributed by atoms with E-state index in [0.717, 1.165) is 9.26 Å². The minimum absolute atomic E-state index is 0.123. The summed E-state index contributed by atoms with van der Waals surface area (Å²) in [5.41, 5.74) is 1.92. The lowest BCUT2D eigenvalue weighted by Gasteiger charge is -2.11. The van der Waals surface area contributed by atoms with Gasteiger partial charge < -0.3 is 5.11 Å². The molecule has 1 heterocycles. The lowest BCUT2D eigenvalue weighted by Crippen LogP contribution is -2.22. The molecule has 0 aliphatic rings. The van der Waals surface area contributed by atoms with E-state index in [9.17, 15) is 9.90 Å². The summed E-state index contributed by atoms with van der Waals surface area (Å²) in [5.74, 6) is 0.681. The van der Waals surface area contributed by atoms with Crippen LogP contribution in [0, 0.1) is 3.57 Å². The zero-order valence-corrected chi connectivity index (χ0v) is 16.4. The maximum absolute atomic E-state index is 13.2. The zero-order valence-electron chi connectivity index (χ0n) is 14.2. The summed E-state index contributed by atoms with van der Waals surface area (Å²) in [6.07, 6.45) is 3.51. The first-order valence-corrected chi connectivity index (χ1v) is 9.45. The van der Waals surface area contributed by atoms with E-state index in [1.807, 2.05) is 54.6 Å². The van der Waals surface area contributed by atoms with Gasteiger partial charge in [0.25, 0.3) is 5.56 Å². The number of rotatable bonds is 3. The number of para-hydroxylation sites is 2. The van der Waals surface area contributed by atoms with Gasteiger partial charge in [-0.05, 0) is 71.1 Å². The summed E-state index contributed by atoms with van der Waals surface area (Å²) in [6, 6.07) is 22.1. The molecule has 0 aliphatic heterocycles. The second-order valence-corrected chi connectivity index (χ2v) is 7.25. The van der Waals surface area contributed by atoms with Gasteiger partial charge in [-0.2, -0.15) is 0 Å². The molecule has 0 spiro atoms. The van der Waals surface area contributed by atoms with Crippen LogP contribution in [0.2, 0.25) is 0 Å². The van der Waals surface area contributed by atoms with Crippen LogP contribution in [-0.2, 0) is 0 Å². The van der Waals surface area contributed by atoms with Crippen LogP contribution in [0.25, 0.3) is 28.7 Å². The molecule has 0 unspecified atom stereocenters. The highest BCUT2D eigenvalue weighted by molar-refractivity contribution is 14.1. The van der Waals surface area contributed by atoms with Gasteiger partial charge in [-0.15, -0.1) is 0 Å². The molecule has 132 valence electrons. The summed E-state index contributed by atoms with van der Waals surface area (Å²) in [7, 11) is 0. The fourth-order valence-electron chi connectivity index (χ4n) is 2.91. The highest BCUT2D eigenvalue weighted by Gasteiger charge is 2.11. The predicted octanol–water partition coefficient (Wildman–Crippen LogP) is 4.87. The fourth-order valence-corrected chi connectivity index (χ4v) is 3.40. The van der Waals surface area contributed by atoms with Crippen molar-refractivity contribution in [3.8, 4) is 11.4 Å². The first-order chi connectivity index (χ1) is 13.1. The Bertz CT molecular complexity index is 1210. The molecule has 27 heavy (non-hydrogen) atoms. The van der Waals surface area contributed by atoms with Gasteiger partial charge in [0.1, 0.15) is 11.6 Å². The Morgan fingerprint density at radius 1 is 0.926 bits per heavy atom. The van der Waals surface area contributed by atoms with Gasteiger partial charge in [-0.3, -0.25) is 9.36 Å². The number of phenolic OH excluding ortho intramolecular Hbond substituents is 1. The third-order valence-electron chi connectivity index (χ3n) is 4.22. The minimum Gasteiger partial charge on any atom is -0.507 e. The Hall–Kier alpha value is -2.93. The number of aromatic nitrogens is 2. The molecule has 4 aromatic rings. The van der Waals surface area contributed by atoms with Crippen LogP contribution < -0.4 is 5.56 Å². The molecule has 0 saturated heterocycles. The predicted molar refractivity (Wildman–Crippen MR) is 117 cm³/mol. The van der Waals surface area contributed by atoms with Crippen LogP contribution in [0.15, 0.2) is 77.6 Å². The molecule has 3 aromatic carbocycles. The summed E-state index contributed by atoms with van der Waals surface area (Å²) in [5, 5.41) is 10.6. The maximum atomic E-state index is 13.2. The Labute approximate surface area is 169 Å². The monoisotopic (exact) mass is 466 g/mol. The summed E-state index contributed by atoms with van der Waals surface area (Å²) in [6.45, 7) is 0. The van der Waals surface area contributed by atoms with Crippen LogP contribution in [0.4, 0.5) is 0 Å². The van der Waals surface area contributed by atoms with Gasteiger partial charge in [0.05, 0.1) is 16.6 Å². The molecule has 1 N–H and O–H groups in total. The first kappa shape index (κ1) is 17.5. The Morgan fingerprint density at radius 3 is 2.44 bits per heavy atom. The van der Waals surface area contributed by atoms with Gasteiger partial charge in [-0.25, -0.2) is 4.98 Å². The Kier molecular flexibility index (Phi) is 4.77. The quantitative estimate of drug-likeness (QED) is 0.439. The molecule has 0 bridgehead atoms.